The Hall–Kier alpha value is -1.82. The van der Waals surface area contributed by atoms with E-state index in [9.17, 15) is 13.2 Å². The summed E-state index contributed by atoms with van der Waals surface area (Å²) in [5, 5.41) is 0. The van der Waals surface area contributed by atoms with E-state index in [1.807, 2.05) is 10.8 Å². The number of benzene rings is 1. The second kappa shape index (κ2) is 5.18. The Balaban J connectivity index is 1.97. The number of nitrogens with two attached hydrogens (primary N) is 1. The summed E-state index contributed by atoms with van der Waals surface area (Å²) in [6.45, 7) is 0. The number of alkyl halides is 3. The second-order valence-electron chi connectivity index (χ2n) is 5.46. The minimum atomic E-state index is -4.34. The second-order valence-corrected chi connectivity index (χ2v) is 5.46. The maximum Gasteiger partial charge on any atom is 0.416 e. The van der Waals surface area contributed by atoms with Gasteiger partial charge in [-0.25, -0.2) is 4.98 Å². The zero-order valence-corrected chi connectivity index (χ0v) is 11.3. The van der Waals surface area contributed by atoms with Gasteiger partial charge >= 0.3 is 6.18 Å². The van der Waals surface area contributed by atoms with Crippen LogP contribution in [0, 0.1) is 0 Å². The average Bonchev–Trinajstić information content (AvgIpc) is 3.06. The molecule has 21 heavy (non-hydrogen) atoms. The van der Waals surface area contributed by atoms with E-state index in [-0.39, 0.29) is 12.1 Å². The van der Waals surface area contributed by atoms with Crippen molar-refractivity contribution in [3.05, 3.63) is 42.2 Å². The molecule has 2 aromatic rings. The molecule has 0 unspecified atom stereocenters. The first-order valence-electron chi connectivity index (χ1n) is 6.91. The largest absolute Gasteiger partial charge is 0.416 e. The molecule has 0 amide bonds. The predicted octanol–water partition coefficient (Wildman–Crippen LogP) is 3.62. The van der Waals surface area contributed by atoms with Gasteiger partial charge in [-0.05, 0) is 31.4 Å². The molecule has 0 bridgehead atoms. The van der Waals surface area contributed by atoms with Gasteiger partial charge in [0.2, 0.25) is 0 Å². The Labute approximate surface area is 120 Å². The van der Waals surface area contributed by atoms with Gasteiger partial charge in [0, 0.05) is 30.0 Å². The van der Waals surface area contributed by atoms with Gasteiger partial charge < -0.3 is 10.3 Å². The van der Waals surface area contributed by atoms with Crippen molar-refractivity contribution >= 4 is 0 Å². The normalized spacial score (nSPS) is 22.7. The van der Waals surface area contributed by atoms with Crippen LogP contribution in [0.15, 0.2) is 36.7 Å². The van der Waals surface area contributed by atoms with Crippen molar-refractivity contribution in [2.24, 2.45) is 5.73 Å². The number of nitrogens with zero attached hydrogens (tertiary/aromatic N) is 2. The minimum absolute atomic E-state index is 0.159. The van der Waals surface area contributed by atoms with Crippen LogP contribution in [-0.2, 0) is 6.18 Å². The molecule has 0 saturated heterocycles. The van der Waals surface area contributed by atoms with Gasteiger partial charge in [0.1, 0.15) is 5.82 Å². The van der Waals surface area contributed by atoms with Gasteiger partial charge in [0.15, 0.2) is 0 Å². The van der Waals surface area contributed by atoms with E-state index >= 15 is 0 Å². The Morgan fingerprint density at radius 2 is 2.05 bits per heavy atom. The lowest BCUT2D eigenvalue weighted by Gasteiger charge is -2.16. The summed E-state index contributed by atoms with van der Waals surface area (Å²) in [5.74, 6) is 0.570. The van der Waals surface area contributed by atoms with Crippen molar-refractivity contribution in [3.8, 4) is 11.4 Å². The van der Waals surface area contributed by atoms with Gasteiger partial charge in [0.25, 0.3) is 0 Å². The Kier molecular flexibility index (Phi) is 3.49. The highest BCUT2D eigenvalue weighted by Crippen LogP contribution is 2.35. The van der Waals surface area contributed by atoms with E-state index in [2.05, 4.69) is 4.98 Å². The topological polar surface area (TPSA) is 43.8 Å². The first-order valence-corrected chi connectivity index (χ1v) is 6.91. The summed E-state index contributed by atoms with van der Waals surface area (Å²) in [6, 6.07) is 5.66. The van der Waals surface area contributed by atoms with Gasteiger partial charge in [-0.1, -0.05) is 12.1 Å². The molecule has 6 heteroatoms. The fourth-order valence-corrected chi connectivity index (χ4v) is 2.91. The first kappa shape index (κ1) is 14.1. The van der Waals surface area contributed by atoms with E-state index < -0.39 is 11.7 Å². The fourth-order valence-electron chi connectivity index (χ4n) is 2.91. The Morgan fingerprint density at radius 3 is 2.71 bits per heavy atom. The molecule has 0 spiro atoms. The predicted molar refractivity (Wildman–Crippen MR) is 73.5 cm³/mol. The molecule has 1 aliphatic carbocycles. The van der Waals surface area contributed by atoms with Crippen LogP contribution in [0.25, 0.3) is 11.4 Å². The SMILES string of the molecule is N[C@H]1CC[C@@H](n2ccnc2-c2cccc(C(F)(F)F)c2)C1. The highest BCUT2D eigenvalue weighted by atomic mass is 19.4. The summed E-state index contributed by atoms with van der Waals surface area (Å²) >= 11 is 0. The molecule has 1 aliphatic rings. The van der Waals surface area contributed by atoms with Crippen LogP contribution in [0.2, 0.25) is 0 Å². The third-order valence-corrected chi connectivity index (χ3v) is 3.96. The van der Waals surface area contributed by atoms with Gasteiger partial charge in [-0.15, -0.1) is 0 Å². The summed E-state index contributed by atoms with van der Waals surface area (Å²) < 4.78 is 40.4. The van der Waals surface area contributed by atoms with E-state index in [1.54, 1.807) is 12.3 Å². The molecule has 1 aromatic heterocycles. The lowest BCUT2D eigenvalue weighted by atomic mass is 10.1. The van der Waals surface area contributed by atoms with Crippen molar-refractivity contribution in [1.29, 1.82) is 0 Å². The minimum Gasteiger partial charge on any atom is -0.328 e. The zero-order chi connectivity index (χ0) is 15.0. The maximum atomic E-state index is 12.8. The smallest absolute Gasteiger partial charge is 0.328 e. The lowest BCUT2D eigenvalue weighted by molar-refractivity contribution is -0.137. The summed E-state index contributed by atoms with van der Waals surface area (Å²) in [4.78, 5) is 4.23. The monoisotopic (exact) mass is 295 g/mol. The first-order chi connectivity index (χ1) is 9.95. The molecule has 3 rings (SSSR count). The Morgan fingerprint density at radius 1 is 1.24 bits per heavy atom. The molecule has 1 aromatic carbocycles. The van der Waals surface area contributed by atoms with Crippen LogP contribution in [0.4, 0.5) is 13.2 Å². The summed E-state index contributed by atoms with van der Waals surface area (Å²) in [6.07, 6.45) is 1.80. The fraction of sp³-hybridized carbons (Fsp3) is 0.400. The summed E-state index contributed by atoms with van der Waals surface area (Å²) in [5.41, 5.74) is 5.75. The molecular formula is C15H16F3N3. The van der Waals surface area contributed by atoms with Crippen molar-refractivity contribution in [3.63, 3.8) is 0 Å². The Bertz CT molecular complexity index is 633. The quantitative estimate of drug-likeness (QED) is 0.919. The van der Waals surface area contributed by atoms with Crippen LogP contribution < -0.4 is 5.73 Å². The standard InChI is InChI=1S/C15H16F3N3/c16-15(17,18)11-3-1-2-10(8-11)14-20-6-7-21(14)13-5-4-12(19)9-13/h1-3,6-8,12-13H,4-5,9,19H2/t12-,13+/m0/s1. The number of hydrogen-bond acceptors (Lipinski definition) is 2. The van der Waals surface area contributed by atoms with Crippen LogP contribution in [-0.4, -0.2) is 15.6 Å². The molecule has 112 valence electrons. The van der Waals surface area contributed by atoms with E-state index in [0.29, 0.717) is 11.4 Å². The van der Waals surface area contributed by atoms with E-state index in [4.69, 9.17) is 5.73 Å². The van der Waals surface area contributed by atoms with E-state index in [0.717, 1.165) is 31.4 Å². The maximum absolute atomic E-state index is 12.8. The molecule has 0 radical (unpaired) electrons. The molecule has 2 N–H and O–H groups in total. The van der Waals surface area contributed by atoms with Crippen molar-refractivity contribution < 1.29 is 13.2 Å². The van der Waals surface area contributed by atoms with Crippen molar-refractivity contribution in [1.82, 2.24) is 9.55 Å². The van der Waals surface area contributed by atoms with Gasteiger partial charge in [-0.3, -0.25) is 0 Å². The van der Waals surface area contributed by atoms with Crippen LogP contribution in [0.5, 0.6) is 0 Å². The number of aromatic nitrogens is 2. The third kappa shape index (κ3) is 2.81. The summed E-state index contributed by atoms with van der Waals surface area (Å²) in [7, 11) is 0. The van der Waals surface area contributed by atoms with Gasteiger partial charge in [-0.2, -0.15) is 13.2 Å². The average molecular weight is 295 g/mol. The van der Waals surface area contributed by atoms with Crippen LogP contribution >= 0.6 is 0 Å². The van der Waals surface area contributed by atoms with Gasteiger partial charge in [0.05, 0.1) is 5.56 Å². The number of hydrogen-bond donors (Lipinski definition) is 1. The highest BCUT2D eigenvalue weighted by Gasteiger charge is 2.31. The highest BCUT2D eigenvalue weighted by molar-refractivity contribution is 5.57. The molecule has 2 atom stereocenters. The number of imidazole rings is 1. The molecule has 0 aliphatic heterocycles. The zero-order valence-electron chi connectivity index (χ0n) is 11.3. The van der Waals surface area contributed by atoms with E-state index in [1.165, 1.54) is 6.07 Å². The number of halogens is 3. The molecule has 3 nitrogen and oxygen atoms in total. The third-order valence-electron chi connectivity index (χ3n) is 3.96. The molecule has 1 saturated carbocycles. The van der Waals surface area contributed by atoms with Crippen molar-refractivity contribution in [2.45, 2.75) is 37.5 Å². The van der Waals surface area contributed by atoms with Crippen LogP contribution in [0.3, 0.4) is 0 Å². The molecular weight excluding hydrogens is 279 g/mol. The number of rotatable bonds is 2. The van der Waals surface area contributed by atoms with Crippen molar-refractivity contribution in [2.75, 3.05) is 0 Å². The molecule has 1 heterocycles. The van der Waals surface area contributed by atoms with Crippen LogP contribution in [0.1, 0.15) is 30.9 Å². The molecule has 1 fully saturated rings. The lowest BCUT2D eigenvalue weighted by Crippen LogP contribution is -2.16.